The standard InChI is InChI=1S/C8H11F2N3O/c1-5-11-12(4-7(9)10)8(14)13(5)6-2-3-6/h6-7H,2-4H2,1H3. The molecule has 0 radical (unpaired) electrons. The van der Waals surface area contributed by atoms with Crippen LogP contribution in [0.25, 0.3) is 0 Å². The van der Waals surface area contributed by atoms with Gasteiger partial charge in [-0.1, -0.05) is 0 Å². The Bertz CT molecular complexity index is 392. The van der Waals surface area contributed by atoms with E-state index in [1.165, 1.54) is 4.57 Å². The SMILES string of the molecule is Cc1nn(CC(F)F)c(=O)n1C1CC1. The summed E-state index contributed by atoms with van der Waals surface area (Å²) in [5, 5.41) is 3.80. The van der Waals surface area contributed by atoms with Crippen LogP contribution in [-0.2, 0) is 6.54 Å². The lowest BCUT2D eigenvalue weighted by Crippen LogP contribution is -2.26. The molecule has 1 aromatic rings. The van der Waals surface area contributed by atoms with E-state index in [1.807, 2.05) is 0 Å². The van der Waals surface area contributed by atoms with Gasteiger partial charge in [0, 0.05) is 6.04 Å². The van der Waals surface area contributed by atoms with Gasteiger partial charge in [0.05, 0.1) is 0 Å². The van der Waals surface area contributed by atoms with E-state index < -0.39 is 18.7 Å². The normalized spacial score (nSPS) is 16.6. The number of halogens is 2. The lowest BCUT2D eigenvalue weighted by Gasteiger charge is -1.97. The van der Waals surface area contributed by atoms with Crippen molar-refractivity contribution in [2.75, 3.05) is 0 Å². The van der Waals surface area contributed by atoms with Crippen molar-refractivity contribution in [1.82, 2.24) is 14.3 Å². The Morgan fingerprint density at radius 3 is 2.71 bits per heavy atom. The zero-order chi connectivity index (χ0) is 10.3. The third kappa shape index (κ3) is 1.56. The van der Waals surface area contributed by atoms with Crippen LogP contribution in [-0.4, -0.2) is 20.8 Å². The van der Waals surface area contributed by atoms with E-state index in [0.717, 1.165) is 17.5 Å². The van der Waals surface area contributed by atoms with Gasteiger partial charge in [0.2, 0.25) is 0 Å². The molecule has 0 unspecified atom stereocenters. The van der Waals surface area contributed by atoms with Gasteiger partial charge in [0.1, 0.15) is 12.4 Å². The number of alkyl halides is 2. The van der Waals surface area contributed by atoms with Gasteiger partial charge in [0.15, 0.2) is 0 Å². The molecular formula is C8H11F2N3O. The average Bonchev–Trinajstić information content (AvgIpc) is 2.82. The molecule has 0 atom stereocenters. The van der Waals surface area contributed by atoms with E-state index in [2.05, 4.69) is 5.10 Å². The lowest BCUT2D eigenvalue weighted by atomic mass is 10.6. The smallest absolute Gasteiger partial charge is 0.276 e. The summed E-state index contributed by atoms with van der Waals surface area (Å²) in [7, 11) is 0. The van der Waals surface area contributed by atoms with Gasteiger partial charge in [0.25, 0.3) is 6.43 Å². The van der Waals surface area contributed by atoms with E-state index in [0.29, 0.717) is 5.82 Å². The van der Waals surface area contributed by atoms with Gasteiger partial charge in [-0.15, -0.1) is 0 Å². The largest absolute Gasteiger partial charge is 0.346 e. The molecule has 0 spiro atoms. The molecule has 0 amide bonds. The van der Waals surface area contributed by atoms with E-state index >= 15 is 0 Å². The van der Waals surface area contributed by atoms with Crippen LogP contribution < -0.4 is 5.69 Å². The van der Waals surface area contributed by atoms with Gasteiger partial charge >= 0.3 is 5.69 Å². The second-order valence-electron chi connectivity index (χ2n) is 3.50. The van der Waals surface area contributed by atoms with E-state index in [1.54, 1.807) is 6.92 Å². The van der Waals surface area contributed by atoms with Crippen LogP contribution in [0.1, 0.15) is 24.7 Å². The van der Waals surface area contributed by atoms with Crippen LogP contribution in [0.4, 0.5) is 8.78 Å². The average molecular weight is 203 g/mol. The Morgan fingerprint density at radius 1 is 1.57 bits per heavy atom. The minimum Gasteiger partial charge on any atom is -0.276 e. The molecule has 1 heterocycles. The van der Waals surface area contributed by atoms with Crippen molar-refractivity contribution >= 4 is 0 Å². The molecule has 0 aromatic carbocycles. The molecule has 1 saturated carbocycles. The van der Waals surface area contributed by atoms with Gasteiger partial charge in [-0.25, -0.2) is 18.3 Å². The van der Waals surface area contributed by atoms with Crippen molar-refractivity contribution in [3.05, 3.63) is 16.3 Å². The number of hydrogen-bond donors (Lipinski definition) is 0. The number of rotatable bonds is 3. The first-order valence-electron chi connectivity index (χ1n) is 4.53. The molecule has 6 heteroatoms. The highest BCUT2D eigenvalue weighted by Gasteiger charge is 2.28. The molecule has 0 N–H and O–H groups in total. The zero-order valence-electron chi connectivity index (χ0n) is 7.78. The van der Waals surface area contributed by atoms with Gasteiger partial charge < -0.3 is 0 Å². The first-order valence-corrected chi connectivity index (χ1v) is 4.53. The fourth-order valence-corrected chi connectivity index (χ4v) is 1.53. The second-order valence-corrected chi connectivity index (χ2v) is 3.50. The molecule has 1 fully saturated rings. The molecule has 1 aromatic heterocycles. The monoisotopic (exact) mass is 203 g/mol. The van der Waals surface area contributed by atoms with Gasteiger partial charge in [-0.3, -0.25) is 4.57 Å². The molecule has 1 aliphatic rings. The molecule has 2 rings (SSSR count). The predicted molar refractivity (Wildman–Crippen MR) is 45.5 cm³/mol. The van der Waals surface area contributed by atoms with Crippen molar-refractivity contribution in [3.8, 4) is 0 Å². The number of nitrogens with zero attached hydrogens (tertiary/aromatic N) is 3. The first kappa shape index (κ1) is 9.36. The molecule has 0 aliphatic heterocycles. The van der Waals surface area contributed by atoms with Crippen LogP contribution in [0.2, 0.25) is 0 Å². The summed E-state index contributed by atoms with van der Waals surface area (Å²) in [5.41, 5.74) is -0.412. The van der Waals surface area contributed by atoms with E-state index in [-0.39, 0.29) is 6.04 Å². The summed E-state index contributed by atoms with van der Waals surface area (Å²) in [6, 6.07) is 0.189. The Balaban J connectivity index is 2.34. The van der Waals surface area contributed by atoms with Crippen molar-refractivity contribution in [3.63, 3.8) is 0 Å². The second kappa shape index (κ2) is 3.18. The molecule has 0 bridgehead atoms. The maximum Gasteiger partial charge on any atom is 0.346 e. The summed E-state index contributed by atoms with van der Waals surface area (Å²) >= 11 is 0. The number of aromatic nitrogens is 3. The summed E-state index contributed by atoms with van der Waals surface area (Å²) in [6.07, 6.45) is -0.642. The Hall–Kier alpha value is -1.20. The van der Waals surface area contributed by atoms with Crippen LogP contribution in [0.15, 0.2) is 4.79 Å². The van der Waals surface area contributed by atoms with Crippen LogP contribution in [0.5, 0.6) is 0 Å². The molecule has 0 saturated heterocycles. The highest BCUT2D eigenvalue weighted by molar-refractivity contribution is 4.93. The molecule has 4 nitrogen and oxygen atoms in total. The topological polar surface area (TPSA) is 39.8 Å². The lowest BCUT2D eigenvalue weighted by molar-refractivity contribution is 0.120. The first-order chi connectivity index (χ1) is 6.59. The Morgan fingerprint density at radius 2 is 2.21 bits per heavy atom. The van der Waals surface area contributed by atoms with Crippen LogP contribution >= 0.6 is 0 Å². The molecular weight excluding hydrogens is 192 g/mol. The summed E-state index contributed by atoms with van der Waals surface area (Å²) < 4.78 is 26.4. The maximum absolute atomic E-state index is 12.0. The summed E-state index contributed by atoms with van der Waals surface area (Å²) in [4.78, 5) is 11.5. The minimum absolute atomic E-state index is 0.189. The number of hydrogen-bond acceptors (Lipinski definition) is 2. The van der Waals surface area contributed by atoms with E-state index in [9.17, 15) is 13.6 Å². The third-order valence-electron chi connectivity index (χ3n) is 2.26. The zero-order valence-corrected chi connectivity index (χ0v) is 7.78. The number of aryl methyl sites for hydroxylation is 1. The Kier molecular flexibility index (Phi) is 2.13. The Labute approximate surface area is 79.1 Å². The summed E-state index contributed by atoms with van der Waals surface area (Å²) in [5.74, 6) is 0.526. The van der Waals surface area contributed by atoms with Crippen molar-refractivity contribution in [2.45, 2.75) is 38.8 Å². The molecule has 78 valence electrons. The maximum atomic E-state index is 12.0. The highest BCUT2D eigenvalue weighted by atomic mass is 19.3. The van der Waals surface area contributed by atoms with Crippen molar-refractivity contribution < 1.29 is 8.78 Å². The van der Waals surface area contributed by atoms with Gasteiger partial charge in [-0.2, -0.15) is 5.10 Å². The van der Waals surface area contributed by atoms with Crippen molar-refractivity contribution in [1.29, 1.82) is 0 Å². The van der Waals surface area contributed by atoms with Gasteiger partial charge in [-0.05, 0) is 19.8 Å². The predicted octanol–water partition coefficient (Wildman–Crippen LogP) is 0.953. The molecule has 14 heavy (non-hydrogen) atoms. The van der Waals surface area contributed by atoms with E-state index in [4.69, 9.17) is 0 Å². The van der Waals surface area contributed by atoms with Crippen LogP contribution in [0.3, 0.4) is 0 Å². The third-order valence-corrected chi connectivity index (χ3v) is 2.26. The summed E-state index contributed by atoms with van der Waals surface area (Å²) in [6.45, 7) is 1.06. The van der Waals surface area contributed by atoms with Crippen molar-refractivity contribution in [2.24, 2.45) is 0 Å². The fourth-order valence-electron chi connectivity index (χ4n) is 1.53. The molecule has 1 aliphatic carbocycles. The fraction of sp³-hybridized carbons (Fsp3) is 0.750. The highest BCUT2D eigenvalue weighted by Crippen LogP contribution is 2.33. The quantitative estimate of drug-likeness (QED) is 0.733. The van der Waals surface area contributed by atoms with Crippen LogP contribution in [0, 0.1) is 6.92 Å². The minimum atomic E-state index is -2.53.